The van der Waals surface area contributed by atoms with E-state index in [1.165, 1.54) is 0 Å². The quantitative estimate of drug-likeness (QED) is 0.769. The van der Waals surface area contributed by atoms with E-state index in [0.29, 0.717) is 10.7 Å². The van der Waals surface area contributed by atoms with E-state index in [4.69, 9.17) is 22.1 Å². The summed E-state index contributed by atoms with van der Waals surface area (Å²) in [5.74, 6) is 0.763. The fourth-order valence-corrected chi connectivity index (χ4v) is 2.52. The lowest BCUT2D eigenvalue weighted by molar-refractivity contribution is 0.417. The number of hydrogen-bond acceptors (Lipinski definition) is 3. The third-order valence-corrected chi connectivity index (χ3v) is 3.52. The Balaban J connectivity index is 2.40. The Morgan fingerprint density at radius 1 is 1.15 bits per heavy atom. The van der Waals surface area contributed by atoms with Crippen molar-refractivity contribution in [3.8, 4) is 16.9 Å². The summed E-state index contributed by atoms with van der Waals surface area (Å²) in [6, 6.07) is 11.4. The van der Waals surface area contributed by atoms with Gasteiger partial charge in [0, 0.05) is 34.2 Å². The molecule has 1 heterocycles. The maximum Gasteiger partial charge on any atom is 0.127 e. The molecule has 0 atom stereocenters. The normalized spacial score (nSPS) is 10.7. The second-order valence-corrected chi connectivity index (χ2v) is 4.91. The highest BCUT2D eigenvalue weighted by molar-refractivity contribution is 6.31. The molecule has 2 aromatic carbocycles. The molecule has 0 bridgehead atoms. The predicted octanol–water partition coefficient (Wildman–Crippen LogP) is 4.15. The van der Waals surface area contributed by atoms with Gasteiger partial charge in [-0.05, 0) is 35.0 Å². The van der Waals surface area contributed by atoms with Gasteiger partial charge in [0.15, 0.2) is 0 Å². The minimum Gasteiger partial charge on any atom is -0.496 e. The Kier molecular flexibility index (Phi) is 3.20. The lowest BCUT2D eigenvalue weighted by Crippen LogP contribution is -1.95. The molecule has 0 aliphatic carbocycles. The van der Waals surface area contributed by atoms with Crippen molar-refractivity contribution < 1.29 is 4.74 Å². The number of methoxy groups -OCH3 is 1. The fourth-order valence-electron chi connectivity index (χ4n) is 2.34. The second-order valence-electron chi connectivity index (χ2n) is 4.47. The summed E-state index contributed by atoms with van der Waals surface area (Å²) < 4.78 is 5.48. The zero-order chi connectivity index (χ0) is 14.1. The summed E-state index contributed by atoms with van der Waals surface area (Å²) >= 11 is 6.05. The van der Waals surface area contributed by atoms with Crippen molar-refractivity contribution in [2.45, 2.75) is 0 Å². The first-order chi connectivity index (χ1) is 9.70. The zero-order valence-corrected chi connectivity index (χ0v) is 11.7. The van der Waals surface area contributed by atoms with E-state index in [9.17, 15) is 0 Å². The van der Waals surface area contributed by atoms with Gasteiger partial charge in [-0.3, -0.25) is 4.98 Å². The average Bonchev–Trinajstić information content (AvgIpc) is 2.46. The van der Waals surface area contributed by atoms with Crippen LogP contribution in [0, 0.1) is 0 Å². The number of halogens is 1. The summed E-state index contributed by atoms with van der Waals surface area (Å²) in [6.45, 7) is 0. The minimum absolute atomic E-state index is 0.667. The molecule has 2 N–H and O–H groups in total. The van der Waals surface area contributed by atoms with Gasteiger partial charge in [-0.25, -0.2) is 0 Å². The van der Waals surface area contributed by atoms with Gasteiger partial charge < -0.3 is 10.5 Å². The monoisotopic (exact) mass is 284 g/mol. The molecule has 0 unspecified atom stereocenters. The van der Waals surface area contributed by atoms with Crippen molar-refractivity contribution in [2.24, 2.45) is 0 Å². The standard InChI is InChI=1S/C16H13ClN2O/c1-20-15-5-2-10-8-11(17)3-4-12(10)16(15)13-9-19-7-6-14(13)18/h2-9H,1H3,(H2,18,19). The van der Waals surface area contributed by atoms with Crippen LogP contribution in [0.4, 0.5) is 5.69 Å². The maximum absolute atomic E-state index is 6.08. The average molecular weight is 285 g/mol. The summed E-state index contributed by atoms with van der Waals surface area (Å²) in [5.41, 5.74) is 8.54. The summed E-state index contributed by atoms with van der Waals surface area (Å²) in [7, 11) is 1.65. The van der Waals surface area contributed by atoms with Crippen LogP contribution in [-0.4, -0.2) is 12.1 Å². The van der Waals surface area contributed by atoms with Crippen molar-refractivity contribution in [1.29, 1.82) is 0 Å². The Labute approximate surface area is 122 Å². The topological polar surface area (TPSA) is 48.1 Å². The van der Waals surface area contributed by atoms with Crippen LogP contribution in [0.1, 0.15) is 0 Å². The van der Waals surface area contributed by atoms with Gasteiger partial charge in [0.05, 0.1) is 7.11 Å². The smallest absolute Gasteiger partial charge is 0.127 e. The molecule has 3 nitrogen and oxygen atoms in total. The number of anilines is 1. The predicted molar refractivity (Wildman–Crippen MR) is 83.2 cm³/mol. The minimum atomic E-state index is 0.667. The fraction of sp³-hybridized carbons (Fsp3) is 0.0625. The van der Waals surface area contributed by atoms with Crippen LogP contribution in [0.15, 0.2) is 48.8 Å². The summed E-state index contributed by atoms with van der Waals surface area (Å²) in [6.07, 6.45) is 3.43. The molecular formula is C16H13ClN2O. The summed E-state index contributed by atoms with van der Waals surface area (Å²) in [4.78, 5) is 4.16. The first-order valence-electron chi connectivity index (χ1n) is 6.17. The lowest BCUT2D eigenvalue weighted by atomic mass is 9.97. The number of nitrogen functional groups attached to an aromatic ring is 1. The molecule has 0 aliphatic rings. The number of nitrogens with zero attached hydrogens (tertiary/aromatic N) is 1. The van der Waals surface area contributed by atoms with E-state index >= 15 is 0 Å². The van der Waals surface area contributed by atoms with Crippen LogP contribution in [0.3, 0.4) is 0 Å². The largest absolute Gasteiger partial charge is 0.496 e. The van der Waals surface area contributed by atoms with Gasteiger partial charge in [0.2, 0.25) is 0 Å². The number of benzene rings is 2. The van der Waals surface area contributed by atoms with Gasteiger partial charge in [-0.1, -0.05) is 23.7 Å². The Hall–Kier alpha value is -2.26. The van der Waals surface area contributed by atoms with E-state index in [0.717, 1.165) is 27.6 Å². The Morgan fingerprint density at radius 2 is 2.00 bits per heavy atom. The van der Waals surface area contributed by atoms with Crippen LogP contribution in [0.25, 0.3) is 21.9 Å². The first-order valence-corrected chi connectivity index (χ1v) is 6.54. The number of pyridine rings is 1. The van der Waals surface area contributed by atoms with E-state index in [2.05, 4.69) is 4.98 Å². The molecular weight excluding hydrogens is 272 g/mol. The molecule has 0 amide bonds. The lowest BCUT2D eigenvalue weighted by Gasteiger charge is -2.14. The highest BCUT2D eigenvalue weighted by Gasteiger charge is 2.13. The van der Waals surface area contributed by atoms with E-state index < -0.39 is 0 Å². The molecule has 20 heavy (non-hydrogen) atoms. The van der Waals surface area contributed by atoms with Crippen LogP contribution in [0.5, 0.6) is 5.75 Å². The van der Waals surface area contributed by atoms with E-state index in [1.807, 2.05) is 30.3 Å². The molecule has 0 saturated heterocycles. The highest BCUT2D eigenvalue weighted by Crippen LogP contribution is 2.39. The molecule has 3 aromatic rings. The zero-order valence-electron chi connectivity index (χ0n) is 10.9. The second kappa shape index (κ2) is 5.02. The number of aromatic nitrogens is 1. The van der Waals surface area contributed by atoms with Crippen molar-refractivity contribution in [3.63, 3.8) is 0 Å². The molecule has 0 radical (unpaired) electrons. The van der Waals surface area contributed by atoms with Gasteiger partial charge in [-0.2, -0.15) is 0 Å². The van der Waals surface area contributed by atoms with Gasteiger partial charge >= 0.3 is 0 Å². The molecule has 0 spiro atoms. The Bertz CT molecular complexity index is 787. The van der Waals surface area contributed by atoms with Crippen molar-refractivity contribution in [1.82, 2.24) is 4.98 Å². The molecule has 0 fully saturated rings. The third-order valence-electron chi connectivity index (χ3n) is 3.29. The van der Waals surface area contributed by atoms with Crippen LogP contribution < -0.4 is 10.5 Å². The molecule has 0 aliphatic heterocycles. The van der Waals surface area contributed by atoms with Crippen molar-refractivity contribution >= 4 is 28.1 Å². The van der Waals surface area contributed by atoms with Crippen molar-refractivity contribution in [3.05, 3.63) is 53.8 Å². The number of rotatable bonds is 2. The molecule has 1 aromatic heterocycles. The molecule has 100 valence electrons. The summed E-state index contributed by atoms with van der Waals surface area (Å²) in [5, 5.41) is 2.78. The van der Waals surface area contributed by atoms with Crippen LogP contribution in [-0.2, 0) is 0 Å². The van der Waals surface area contributed by atoms with Gasteiger partial charge in [0.25, 0.3) is 0 Å². The van der Waals surface area contributed by atoms with Crippen LogP contribution >= 0.6 is 11.6 Å². The number of fused-ring (bicyclic) bond motifs is 1. The van der Waals surface area contributed by atoms with E-state index in [1.54, 1.807) is 25.6 Å². The number of hydrogen-bond donors (Lipinski definition) is 1. The van der Waals surface area contributed by atoms with E-state index in [-0.39, 0.29) is 0 Å². The Morgan fingerprint density at radius 3 is 2.75 bits per heavy atom. The SMILES string of the molecule is COc1ccc2cc(Cl)ccc2c1-c1cnccc1N. The van der Waals surface area contributed by atoms with Gasteiger partial charge in [-0.15, -0.1) is 0 Å². The number of ether oxygens (including phenoxy) is 1. The van der Waals surface area contributed by atoms with Gasteiger partial charge in [0.1, 0.15) is 5.75 Å². The molecule has 3 rings (SSSR count). The van der Waals surface area contributed by atoms with Crippen molar-refractivity contribution in [2.75, 3.05) is 12.8 Å². The number of nitrogens with two attached hydrogens (primary N) is 1. The first kappa shape index (κ1) is 12.8. The maximum atomic E-state index is 6.08. The molecule has 4 heteroatoms. The highest BCUT2D eigenvalue weighted by atomic mass is 35.5. The third kappa shape index (κ3) is 2.06. The molecule has 0 saturated carbocycles. The van der Waals surface area contributed by atoms with Crippen LogP contribution in [0.2, 0.25) is 5.02 Å².